The maximum absolute atomic E-state index is 11.7. The summed E-state index contributed by atoms with van der Waals surface area (Å²) in [6.45, 7) is 13.8. The Morgan fingerprint density at radius 2 is 2.05 bits per heavy atom. The number of carbonyl (C=O) groups excluding carboxylic acids is 2. The number of rotatable bonds is 6. The van der Waals surface area contributed by atoms with Crippen molar-refractivity contribution >= 4 is 20.6 Å². The van der Waals surface area contributed by atoms with Crippen molar-refractivity contribution in [2.24, 2.45) is 11.8 Å². The van der Waals surface area contributed by atoms with Crippen LogP contribution in [0.2, 0.25) is 18.1 Å². The molecule has 0 aromatic carbocycles. The molecule has 1 aliphatic heterocycles. The topological polar surface area (TPSA) is 52.6 Å². The molecule has 0 aromatic rings. The van der Waals surface area contributed by atoms with Crippen LogP contribution in [0.1, 0.15) is 47.0 Å². The van der Waals surface area contributed by atoms with Gasteiger partial charge in [-0.2, -0.15) is 0 Å². The zero-order valence-electron chi connectivity index (χ0n) is 14.3. The standard InChI is InChI=1S/C16H30O4Si/c1-12(11-19-21(5,6)16(2,3)4)14-9-13(7-8-17)10-15(18)20-14/h8,12-14H,7,9-11H2,1-6H3/t12-,13-,14-/m1/s1. The van der Waals surface area contributed by atoms with Crippen LogP contribution in [0.25, 0.3) is 0 Å². The number of esters is 1. The molecule has 3 atom stereocenters. The van der Waals surface area contributed by atoms with E-state index in [4.69, 9.17) is 9.16 Å². The Kier molecular flexibility index (Phi) is 6.17. The van der Waals surface area contributed by atoms with Gasteiger partial charge in [0, 0.05) is 25.4 Å². The molecule has 4 nitrogen and oxygen atoms in total. The summed E-state index contributed by atoms with van der Waals surface area (Å²) in [7, 11) is -1.78. The monoisotopic (exact) mass is 314 g/mol. The lowest BCUT2D eigenvalue weighted by molar-refractivity contribution is -0.161. The zero-order valence-corrected chi connectivity index (χ0v) is 15.3. The molecule has 0 aliphatic carbocycles. The summed E-state index contributed by atoms with van der Waals surface area (Å²) in [5, 5.41) is 0.177. The van der Waals surface area contributed by atoms with Gasteiger partial charge >= 0.3 is 5.97 Å². The molecular formula is C16H30O4Si. The van der Waals surface area contributed by atoms with E-state index < -0.39 is 8.32 Å². The lowest BCUT2D eigenvalue weighted by atomic mass is 9.88. The van der Waals surface area contributed by atoms with E-state index in [1.165, 1.54) is 0 Å². The summed E-state index contributed by atoms with van der Waals surface area (Å²) in [5.41, 5.74) is 0. The Balaban J connectivity index is 2.56. The summed E-state index contributed by atoms with van der Waals surface area (Å²) in [4.78, 5) is 22.3. The highest BCUT2D eigenvalue weighted by Crippen LogP contribution is 2.37. The number of hydrogen-bond acceptors (Lipinski definition) is 4. The average Bonchev–Trinajstić information content (AvgIpc) is 2.34. The third-order valence-corrected chi connectivity index (χ3v) is 9.38. The maximum atomic E-state index is 11.7. The molecule has 0 spiro atoms. The van der Waals surface area contributed by atoms with Crippen LogP contribution < -0.4 is 0 Å². The van der Waals surface area contributed by atoms with Gasteiger partial charge in [-0.1, -0.05) is 27.7 Å². The van der Waals surface area contributed by atoms with E-state index in [-0.39, 0.29) is 28.9 Å². The smallest absolute Gasteiger partial charge is 0.306 e. The van der Waals surface area contributed by atoms with E-state index in [9.17, 15) is 9.59 Å². The Morgan fingerprint density at radius 1 is 1.43 bits per heavy atom. The Morgan fingerprint density at radius 3 is 2.57 bits per heavy atom. The van der Waals surface area contributed by atoms with E-state index in [0.29, 0.717) is 19.4 Å². The van der Waals surface area contributed by atoms with Crippen molar-refractivity contribution in [3.05, 3.63) is 0 Å². The highest BCUT2D eigenvalue weighted by Gasteiger charge is 2.39. The van der Waals surface area contributed by atoms with Crippen LogP contribution in [0.3, 0.4) is 0 Å². The predicted molar refractivity (Wildman–Crippen MR) is 85.6 cm³/mol. The number of carbonyl (C=O) groups is 2. The number of aldehydes is 1. The summed E-state index contributed by atoms with van der Waals surface area (Å²) < 4.78 is 11.7. The van der Waals surface area contributed by atoms with Crippen LogP contribution >= 0.6 is 0 Å². The molecule has 1 saturated heterocycles. The second-order valence-corrected chi connectivity index (χ2v) is 12.6. The van der Waals surface area contributed by atoms with Crippen LogP contribution in [0.4, 0.5) is 0 Å². The lowest BCUT2D eigenvalue weighted by Gasteiger charge is -2.38. The van der Waals surface area contributed by atoms with Crippen LogP contribution in [-0.2, 0) is 18.8 Å². The molecular weight excluding hydrogens is 284 g/mol. The van der Waals surface area contributed by atoms with E-state index in [1.807, 2.05) is 0 Å². The van der Waals surface area contributed by atoms with Gasteiger partial charge in [0.2, 0.25) is 0 Å². The average molecular weight is 314 g/mol. The van der Waals surface area contributed by atoms with E-state index in [0.717, 1.165) is 12.7 Å². The highest BCUT2D eigenvalue weighted by molar-refractivity contribution is 6.74. The van der Waals surface area contributed by atoms with E-state index in [1.54, 1.807) is 0 Å². The summed E-state index contributed by atoms with van der Waals surface area (Å²) in [5.74, 6) is 0.110. The fraction of sp³-hybridized carbons (Fsp3) is 0.875. The number of ether oxygens (including phenoxy) is 1. The normalized spacial score (nSPS) is 25.3. The summed E-state index contributed by atoms with van der Waals surface area (Å²) >= 11 is 0. The van der Waals surface area contributed by atoms with Gasteiger partial charge in [-0.25, -0.2) is 0 Å². The first-order valence-corrected chi connectivity index (χ1v) is 10.7. The molecule has 0 radical (unpaired) electrons. The first-order valence-electron chi connectivity index (χ1n) is 7.84. The Hall–Kier alpha value is -0.683. The summed E-state index contributed by atoms with van der Waals surface area (Å²) in [6.07, 6.45) is 2.36. The molecule has 1 rings (SSSR count). The predicted octanol–water partition coefficient (Wildman–Crippen LogP) is 3.56. The van der Waals surface area contributed by atoms with Crippen molar-refractivity contribution in [1.29, 1.82) is 0 Å². The van der Waals surface area contributed by atoms with Crippen molar-refractivity contribution in [2.45, 2.75) is 71.2 Å². The first-order chi connectivity index (χ1) is 9.56. The zero-order chi connectivity index (χ0) is 16.3. The van der Waals surface area contributed by atoms with Crippen LogP contribution in [0.15, 0.2) is 0 Å². The van der Waals surface area contributed by atoms with Gasteiger partial charge < -0.3 is 14.0 Å². The molecule has 0 bridgehead atoms. The highest BCUT2D eigenvalue weighted by atomic mass is 28.4. The van der Waals surface area contributed by atoms with Gasteiger partial charge in [-0.15, -0.1) is 0 Å². The molecule has 0 aromatic heterocycles. The van der Waals surface area contributed by atoms with Crippen molar-refractivity contribution in [1.82, 2.24) is 0 Å². The minimum atomic E-state index is -1.78. The second kappa shape index (κ2) is 7.05. The number of hydrogen-bond donors (Lipinski definition) is 0. The Bertz CT molecular complexity index is 373. The van der Waals surface area contributed by atoms with Gasteiger partial charge in [0.1, 0.15) is 12.4 Å². The molecule has 1 aliphatic rings. The minimum absolute atomic E-state index is 0.124. The van der Waals surface area contributed by atoms with E-state index in [2.05, 4.69) is 40.8 Å². The van der Waals surface area contributed by atoms with Crippen molar-refractivity contribution in [2.75, 3.05) is 6.61 Å². The van der Waals surface area contributed by atoms with Crippen LogP contribution in [0.5, 0.6) is 0 Å². The molecule has 0 saturated carbocycles. The second-order valence-electron chi connectivity index (χ2n) is 7.79. The van der Waals surface area contributed by atoms with Gasteiger partial charge in [0.05, 0.1) is 0 Å². The fourth-order valence-corrected chi connectivity index (χ4v) is 3.35. The van der Waals surface area contributed by atoms with Crippen molar-refractivity contribution < 1.29 is 18.8 Å². The van der Waals surface area contributed by atoms with Gasteiger partial charge in [0.25, 0.3) is 0 Å². The van der Waals surface area contributed by atoms with Crippen molar-refractivity contribution in [3.63, 3.8) is 0 Å². The largest absolute Gasteiger partial charge is 0.462 e. The third-order valence-electron chi connectivity index (χ3n) is 4.88. The van der Waals surface area contributed by atoms with Crippen molar-refractivity contribution in [3.8, 4) is 0 Å². The van der Waals surface area contributed by atoms with Crippen LogP contribution in [0, 0.1) is 11.8 Å². The van der Waals surface area contributed by atoms with Crippen LogP contribution in [-0.4, -0.2) is 33.3 Å². The SMILES string of the molecule is C[C@H](CO[Si](C)(C)C(C)(C)C)[C@H]1C[C@@H](CC=O)CC(=O)O1. The third kappa shape index (κ3) is 5.22. The molecule has 21 heavy (non-hydrogen) atoms. The minimum Gasteiger partial charge on any atom is -0.462 e. The molecule has 0 amide bonds. The van der Waals surface area contributed by atoms with Gasteiger partial charge in [0.15, 0.2) is 8.32 Å². The maximum Gasteiger partial charge on any atom is 0.306 e. The van der Waals surface area contributed by atoms with E-state index >= 15 is 0 Å². The van der Waals surface area contributed by atoms with Gasteiger partial charge in [-0.05, 0) is 30.5 Å². The fourth-order valence-electron chi connectivity index (χ4n) is 2.24. The van der Waals surface area contributed by atoms with Gasteiger partial charge in [-0.3, -0.25) is 4.79 Å². The molecule has 0 N–H and O–H groups in total. The molecule has 1 fully saturated rings. The quantitative estimate of drug-likeness (QED) is 0.427. The molecule has 122 valence electrons. The lowest BCUT2D eigenvalue weighted by Crippen LogP contribution is -2.44. The number of cyclic esters (lactones) is 1. The first kappa shape index (κ1) is 18.4. The summed E-state index contributed by atoms with van der Waals surface area (Å²) in [6, 6.07) is 0. The molecule has 1 heterocycles. The molecule has 5 heteroatoms. The Labute approximate surface area is 129 Å². The molecule has 0 unspecified atom stereocenters.